The lowest BCUT2D eigenvalue weighted by Gasteiger charge is -2.12. The summed E-state index contributed by atoms with van der Waals surface area (Å²) >= 11 is 0. The Labute approximate surface area is 126 Å². The maximum atomic E-state index is 11.9. The Kier molecular flexibility index (Phi) is 5.17. The fourth-order valence-electron chi connectivity index (χ4n) is 2.28. The largest absolute Gasteiger partial charge is 0.351 e. The van der Waals surface area contributed by atoms with Crippen molar-refractivity contribution < 1.29 is 4.79 Å². The van der Waals surface area contributed by atoms with Crippen LogP contribution in [0.1, 0.15) is 35.8 Å². The standard InChI is InChI=1S/C17H23N3O/c1-13-8-9-15(20(13)2)12-19-17(21)11-10-16(18)14-6-4-3-5-7-14/h3-9,16H,10-12,18H2,1-2H3,(H,19,21). The van der Waals surface area contributed by atoms with Gasteiger partial charge >= 0.3 is 0 Å². The number of rotatable bonds is 6. The molecule has 0 aliphatic heterocycles. The Hall–Kier alpha value is -2.07. The van der Waals surface area contributed by atoms with Crippen molar-refractivity contribution in [2.24, 2.45) is 12.8 Å². The number of amides is 1. The Balaban J connectivity index is 1.76. The molecular formula is C17H23N3O. The van der Waals surface area contributed by atoms with Crippen LogP contribution in [-0.2, 0) is 18.4 Å². The van der Waals surface area contributed by atoms with Crippen molar-refractivity contribution in [1.29, 1.82) is 0 Å². The van der Waals surface area contributed by atoms with Gasteiger partial charge in [0.1, 0.15) is 0 Å². The maximum absolute atomic E-state index is 11.9. The molecule has 1 aromatic heterocycles. The summed E-state index contributed by atoms with van der Waals surface area (Å²) in [5.74, 6) is 0.0419. The van der Waals surface area contributed by atoms with E-state index in [0.29, 0.717) is 19.4 Å². The van der Waals surface area contributed by atoms with E-state index < -0.39 is 0 Å². The number of aromatic nitrogens is 1. The van der Waals surface area contributed by atoms with Crippen LogP contribution in [0.2, 0.25) is 0 Å². The van der Waals surface area contributed by atoms with Gasteiger partial charge in [-0.25, -0.2) is 0 Å². The van der Waals surface area contributed by atoms with E-state index in [9.17, 15) is 4.79 Å². The first kappa shape index (κ1) is 15.3. The molecule has 3 N–H and O–H groups in total. The van der Waals surface area contributed by atoms with Crippen molar-refractivity contribution >= 4 is 5.91 Å². The molecule has 0 saturated carbocycles. The second kappa shape index (κ2) is 7.09. The third-order valence-corrected chi connectivity index (χ3v) is 3.85. The number of benzene rings is 1. The zero-order valence-corrected chi connectivity index (χ0v) is 12.7. The lowest BCUT2D eigenvalue weighted by atomic mass is 10.0. The molecule has 0 fully saturated rings. The van der Waals surface area contributed by atoms with Crippen LogP contribution in [0.4, 0.5) is 0 Å². The number of aryl methyl sites for hydroxylation is 1. The van der Waals surface area contributed by atoms with Gasteiger partial charge in [0.2, 0.25) is 5.91 Å². The number of carbonyl (C=O) groups excluding carboxylic acids is 1. The highest BCUT2D eigenvalue weighted by Gasteiger charge is 2.09. The quantitative estimate of drug-likeness (QED) is 0.856. The number of hydrogen-bond donors (Lipinski definition) is 2. The number of carbonyl (C=O) groups is 1. The summed E-state index contributed by atoms with van der Waals surface area (Å²) in [6.07, 6.45) is 1.10. The van der Waals surface area contributed by atoms with Gasteiger partial charge in [-0.05, 0) is 31.0 Å². The van der Waals surface area contributed by atoms with E-state index in [1.54, 1.807) is 0 Å². The lowest BCUT2D eigenvalue weighted by Crippen LogP contribution is -2.25. The van der Waals surface area contributed by atoms with E-state index in [1.807, 2.05) is 56.4 Å². The Morgan fingerprint density at radius 1 is 1.24 bits per heavy atom. The summed E-state index contributed by atoms with van der Waals surface area (Å²) in [6.45, 7) is 2.61. The highest BCUT2D eigenvalue weighted by molar-refractivity contribution is 5.75. The topological polar surface area (TPSA) is 60.1 Å². The molecule has 2 aromatic rings. The summed E-state index contributed by atoms with van der Waals surface area (Å²) in [6, 6.07) is 13.9. The van der Waals surface area contributed by atoms with E-state index >= 15 is 0 Å². The number of nitrogens with one attached hydrogen (secondary N) is 1. The van der Waals surface area contributed by atoms with E-state index in [4.69, 9.17) is 5.73 Å². The van der Waals surface area contributed by atoms with Crippen molar-refractivity contribution in [3.63, 3.8) is 0 Å². The summed E-state index contributed by atoms with van der Waals surface area (Å²) < 4.78 is 2.08. The van der Waals surface area contributed by atoms with Gasteiger partial charge in [0, 0.05) is 30.9 Å². The minimum atomic E-state index is -0.0887. The van der Waals surface area contributed by atoms with Crippen LogP contribution in [0.5, 0.6) is 0 Å². The molecule has 0 spiro atoms. The SMILES string of the molecule is Cc1ccc(CNC(=O)CCC(N)c2ccccc2)n1C. The van der Waals surface area contributed by atoms with Gasteiger partial charge in [0.05, 0.1) is 6.54 Å². The monoisotopic (exact) mass is 285 g/mol. The van der Waals surface area contributed by atoms with Crippen molar-refractivity contribution in [2.45, 2.75) is 32.4 Å². The smallest absolute Gasteiger partial charge is 0.220 e. The summed E-state index contributed by atoms with van der Waals surface area (Å²) in [7, 11) is 2.00. The lowest BCUT2D eigenvalue weighted by molar-refractivity contribution is -0.121. The molecule has 0 bridgehead atoms. The normalized spacial score (nSPS) is 12.1. The predicted molar refractivity (Wildman–Crippen MR) is 84.6 cm³/mol. The van der Waals surface area contributed by atoms with E-state index in [0.717, 1.165) is 11.3 Å². The fraction of sp³-hybridized carbons (Fsp3) is 0.353. The minimum absolute atomic E-state index is 0.0419. The molecule has 1 heterocycles. The van der Waals surface area contributed by atoms with Gasteiger partial charge in [-0.1, -0.05) is 30.3 Å². The van der Waals surface area contributed by atoms with Crippen LogP contribution in [0.25, 0.3) is 0 Å². The highest BCUT2D eigenvalue weighted by Crippen LogP contribution is 2.15. The summed E-state index contributed by atoms with van der Waals surface area (Å²) in [5, 5.41) is 2.94. The molecule has 112 valence electrons. The van der Waals surface area contributed by atoms with Gasteiger partial charge in [0.25, 0.3) is 0 Å². The van der Waals surface area contributed by atoms with Gasteiger partial charge in [-0.2, -0.15) is 0 Å². The zero-order valence-electron chi connectivity index (χ0n) is 12.7. The highest BCUT2D eigenvalue weighted by atomic mass is 16.1. The van der Waals surface area contributed by atoms with Crippen molar-refractivity contribution in [1.82, 2.24) is 9.88 Å². The van der Waals surface area contributed by atoms with E-state index in [1.165, 1.54) is 5.69 Å². The molecule has 1 aromatic carbocycles. The molecule has 4 nitrogen and oxygen atoms in total. The third kappa shape index (κ3) is 4.20. The van der Waals surface area contributed by atoms with Crippen molar-refractivity contribution in [3.05, 3.63) is 59.4 Å². The Morgan fingerprint density at radius 2 is 1.95 bits per heavy atom. The van der Waals surface area contributed by atoms with Crippen LogP contribution in [0.15, 0.2) is 42.5 Å². The first-order valence-electron chi connectivity index (χ1n) is 7.26. The molecule has 4 heteroatoms. The van der Waals surface area contributed by atoms with Gasteiger partial charge in [-0.15, -0.1) is 0 Å². The molecule has 0 radical (unpaired) electrons. The van der Waals surface area contributed by atoms with Gasteiger partial charge < -0.3 is 15.6 Å². The molecule has 1 atom stereocenters. The molecule has 1 amide bonds. The maximum Gasteiger partial charge on any atom is 0.220 e. The number of nitrogens with zero attached hydrogens (tertiary/aromatic N) is 1. The van der Waals surface area contributed by atoms with Crippen LogP contribution in [0, 0.1) is 6.92 Å². The molecule has 2 rings (SSSR count). The Morgan fingerprint density at radius 3 is 2.57 bits per heavy atom. The van der Waals surface area contributed by atoms with Gasteiger partial charge in [0.15, 0.2) is 0 Å². The second-order valence-corrected chi connectivity index (χ2v) is 5.36. The average molecular weight is 285 g/mol. The van der Waals surface area contributed by atoms with E-state index in [2.05, 4.69) is 9.88 Å². The van der Waals surface area contributed by atoms with Gasteiger partial charge in [-0.3, -0.25) is 4.79 Å². The zero-order chi connectivity index (χ0) is 15.2. The molecule has 21 heavy (non-hydrogen) atoms. The van der Waals surface area contributed by atoms with Crippen LogP contribution >= 0.6 is 0 Å². The van der Waals surface area contributed by atoms with Crippen LogP contribution < -0.4 is 11.1 Å². The molecule has 0 aliphatic carbocycles. The van der Waals surface area contributed by atoms with Crippen molar-refractivity contribution in [3.8, 4) is 0 Å². The summed E-state index contributed by atoms with van der Waals surface area (Å²) in [4.78, 5) is 11.9. The predicted octanol–water partition coefficient (Wildman–Crippen LogP) is 2.43. The van der Waals surface area contributed by atoms with E-state index in [-0.39, 0.29) is 11.9 Å². The summed E-state index contributed by atoms with van der Waals surface area (Å²) in [5.41, 5.74) is 9.46. The molecular weight excluding hydrogens is 262 g/mol. The van der Waals surface area contributed by atoms with Crippen LogP contribution in [-0.4, -0.2) is 10.5 Å². The first-order chi connectivity index (χ1) is 10.1. The van der Waals surface area contributed by atoms with Crippen LogP contribution in [0.3, 0.4) is 0 Å². The second-order valence-electron chi connectivity index (χ2n) is 5.36. The minimum Gasteiger partial charge on any atom is -0.351 e. The molecule has 1 unspecified atom stereocenters. The third-order valence-electron chi connectivity index (χ3n) is 3.85. The average Bonchev–Trinajstić information content (AvgIpc) is 2.83. The Bertz CT molecular complexity index is 589. The fourth-order valence-corrected chi connectivity index (χ4v) is 2.28. The first-order valence-corrected chi connectivity index (χ1v) is 7.26. The molecule has 0 aliphatic rings. The number of hydrogen-bond acceptors (Lipinski definition) is 2. The van der Waals surface area contributed by atoms with Crippen molar-refractivity contribution in [2.75, 3.05) is 0 Å². The molecule has 0 saturated heterocycles. The number of nitrogens with two attached hydrogens (primary N) is 1.